The second-order valence-electron chi connectivity index (χ2n) is 5.30. The van der Waals surface area contributed by atoms with Crippen LogP contribution in [-0.2, 0) is 0 Å². The van der Waals surface area contributed by atoms with Gasteiger partial charge in [-0.05, 0) is 37.6 Å². The molecule has 2 aromatic rings. The van der Waals surface area contributed by atoms with Crippen molar-refractivity contribution in [1.82, 2.24) is 20.5 Å². The molecule has 20 heavy (non-hydrogen) atoms. The SMILES string of the molecule is Cc1cc(Cl)cc(-c2nc(N3CCNC(C)C3)n[nH]2)c1. The van der Waals surface area contributed by atoms with Gasteiger partial charge in [0.25, 0.3) is 0 Å². The van der Waals surface area contributed by atoms with Crippen LogP contribution >= 0.6 is 11.6 Å². The second kappa shape index (κ2) is 5.42. The van der Waals surface area contributed by atoms with Crippen molar-refractivity contribution in [2.24, 2.45) is 0 Å². The predicted molar refractivity (Wildman–Crippen MR) is 81.2 cm³/mol. The zero-order valence-corrected chi connectivity index (χ0v) is 12.4. The average molecular weight is 292 g/mol. The summed E-state index contributed by atoms with van der Waals surface area (Å²) in [4.78, 5) is 6.79. The third kappa shape index (κ3) is 2.78. The lowest BCUT2D eigenvalue weighted by Crippen LogP contribution is -2.49. The molecule has 1 atom stereocenters. The summed E-state index contributed by atoms with van der Waals surface area (Å²) >= 11 is 6.09. The molecule has 1 aromatic heterocycles. The van der Waals surface area contributed by atoms with Gasteiger partial charge >= 0.3 is 0 Å². The highest BCUT2D eigenvalue weighted by Gasteiger charge is 2.19. The molecule has 5 nitrogen and oxygen atoms in total. The zero-order valence-electron chi connectivity index (χ0n) is 11.7. The maximum absolute atomic E-state index is 6.09. The van der Waals surface area contributed by atoms with Gasteiger partial charge in [-0.2, -0.15) is 4.98 Å². The fourth-order valence-electron chi connectivity index (χ4n) is 2.51. The summed E-state index contributed by atoms with van der Waals surface area (Å²) in [6.45, 7) is 6.99. The van der Waals surface area contributed by atoms with E-state index >= 15 is 0 Å². The molecule has 1 aromatic carbocycles. The third-order valence-electron chi connectivity index (χ3n) is 3.44. The molecule has 1 fully saturated rings. The first-order valence-electron chi connectivity index (χ1n) is 6.80. The maximum atomic E-state index is 6.09. The number of benzene rings is 1. The van der Waals surface area contributed by atoms with Gasteiger partial charge in [0.05, 0.1) is 0 Å². The van der Waals surface area contributed by atoms with E-state index in [4.69, 9.17) is 11.6 Å². The van der Waals surface area contributed by atoms with E-state index in [1.165, 1.54) is 0 Å². The predicted octanol–water partition coefficient (Wildman–Crippen LogP) is 2.23. The Bertz CT molecular complexity index is 589. The number of piperazine rings is 1. The fraction of sp³-hybridized carbons (Fsp3) is 0.429. The van der Waals surface area contributed by atoms with E-state index in [0.29, 0.717) is 11.1 Å². The van der Waals surface area contributed by atoms with Gasteiger partial charge in [-0.1, -0.05) is 11.6 Å². The van der Waals surface area contributed by atoms with Crippen molar-refractivity contribution in [1.29, 1.82) is 0 Å². The lowest BCUT2D eigenvalue weighted by atomic mass is 10.1. The second-order valence-corrected chi connectivity index (χ2v) is 5.74. The van der Waals surface area contributed by atoms with E-state index in [1.54, 1.807) is 0 Å². The molecule has 0 radical (unpaired) electrons. The Hall–Kier alpha value is -1.59. The van der Waals surface area contributed by atoms with Crippen molar-refractivity contribution in [3.8, 4) is 11.4 Å². The first kappa shape index (κ1) is 13.4. The lowest BCUT2D eigenvalue weighted by molar-refractivity contribution is 0.480. The molecule has 0 bridgehead atoms. The maximum Gasteiger partial charge on any atom is 0.245 e. The number of hydrogen-bond acceptors (Lipinski definition) is 4. The molecule has 2 heterocycles. The van der Waals surface area contributed by atoms with Crippen molar-refractivity contribution >= 4 is 17.5 Å². The molecule has 1 saturated heterocycles. The molecule has 1 unspecified atom stereocenters. The van der Waals surface area contributed by atoms with Crippen molar-refractivity contribution in [3.63, 3.8) is 0 Å². The van der Waals surface area contributed by atoms with E-state index in [0.717, 1.165) is 42.5 Å². The van der Waals surface area contributed by atoms with E-state index in [2.05, 4.69) is 38.4 Å². The van der Waals surface area contributed by atoms with Gasteiger partial charge in [0.2, 0.25) is 5.95 Å². The Kier molecular flexibility index (Phi) is 3.63. The largest absolute Gasteiger partial charge is 0.337 e. The number of nitrogens with zero attached hydrogens (tertiary/aromatic N) is 3. The minimum atomic E-state index is 0.458. The van der Waals surface area contributed by atoms with Crippen molar-refractivity contribution < 1.29 is 0 Å². The van der Waals surface area contributed by atoms with Crippen LogP contribution in [0.15, 0.2) is 18.2 Å². The summed E-state index contributed by atoms with van der Waals surface area (Å²) in [5.41, 5.74) is 2.08. The monoisotopic (exact) mass is 291 g/mol. The van der Waals surface area contributed by atoms with Gasteiger partial charge in [0.1, 0.15) is 0 Å². The van der Waals surface area contributed by atoms with Crippen LogP contribution in [0, 0.1) is 6.92 Å². The summed E-state index contributed by atoms with van der Waals surface area (Å²) in [6, 6.07) is 6.34. The first-order chi connectivity index (χ1) is 9.61. The van der Waals surface area contributed by atoms with Crippen LogP contribution in [0.1, 0.15) is 12.5 Å². The molecule has 0 amide bonds. The van der Waals surface area contributed by atoms with Crippen LogP contribution in [0.25, 0.3) is 11.4 Å². The van der Waals surface area contributed by atoms with E-state index in [1.807, 2.05) is 19.1 Å². The molecule has 0 aliphatic carbocycles. The third-order valence-corrected chi connectivity index (χ3v) is 3.66. The summed E-state index contributed by atoms with van der Waals surface area (Å²) in [6.07, 6.45) is 0. The summed E-state index contributed by atoms with van der Waals surface area (Å²) in [5, 5.41) is 11.5. The average Bonchev–Trinajstić information content (AvgIpc) is 2.87. The van der Waals surface area contributed by atoms with Crippen molar-refractivity contribution in [3.05, 3.63) is 28.8 Å². The van der Waals surface area contributed by atoms with Crippen LogP contribution in [0.2, 0.25) is 5.02 Å². The number of aryl methyl sites for hydroxylation is 1. The fourth-order valence-corrected chi connectivity index (χ4v) is 2.80. The molecule has 3 rings (SSSR count). The van der Waals surface area contributed by atoms with Gasteiger partial charge in [0.15, 0.2) is 5.82 Å². The van der Waals surface area contributed by atoms with Gasteiger partial charge in [-0.25, -0.2) is 0 Å². The van der Waals surface area contributed by atoms with Crippen molar-refractivity contribution in [2.75, 3.05) is 24.5 Å². The number of rotatable bonds is 2. The summed E-state index contributed by atoms with van der Waals surface area (Å²) < 4.78 is 0. The lowest BCUT2D eigenvalue weighted by Gasteiger charge is -2.30. The molecule has 2 N–H and O–H groups in total. The van der Waals surface area contributed by atoms with E-state index < -0.39 is 0 Å². The Labute approximate surface area is 123 Å². The van der Waals surface area contributed by atoms with E-state index in [-0.39, 0.29) is 0 Å². The Morgan fingerprint density at radius 2 is 2.20 bits per heavy atom. The molecule has 106 valence electrons. The van der Waals surface area contributed by atoms with Crippen LogP contribution in [0.4, 0.5) is 5.95 Å². The molecule has 0 spiro atoms. The quantitative estimate of drug-likeness (QED) is 0.891. The minimum Gasteiger partial charge on any atom is -0.337 e. The van der Waals surface area contributed by atoms with Gasteiger partial charge in [0, 0.05) is 36.3 Å². The Morgan fingerprint density at radius 1 is 1.35 bits per heavy atom. The Morgan fingerprint density at radius 3 is 2.95 bits per heavy atom. The number of aromatic nitrogens is 3. The number of H-pyrrole nitrogens is 1. The van der Waals surface area contributed by atoms with Gasteiger partial charge in [-0.15, -0.1) is 5.10 Å². The minimum absolute atomic E-state index is 0.458. The molecular weight excluding hydrogens is 274 g/mol. The number of nitrogens with one attached hydrogen (secondary N) is 2. The summed E-state index contributed by atoms with van der Waals surface area (Å²) in [5.74, 6) is 1.52. The number of anilines is 1. The van der Waals surface area contributed by atoms with Crippen LogP contribution in [0.3, 0.4) is 0 Å². The van der Waals surface area contributed by atoms with Gasteiger partial charge < -0.3 is 10.2 Å². The highest BCUT2D eigenvalue weighted by Crippen LogP contribution is 2.23. The molecular formula is C14H18ClN5. The van der Waals surface area contributed by atoms with E-state index in [9.17, 15) is 0 Å². The standard InChI is InChI=1S/C14H18ClN5/c1-9-5-11(7-12(15)6-9)13-17-14(19-18-13)20-4-3-16-10(2)8-20/h5-7,10,16H,3-4,8H2,1-2H3,(H,17,18,19). The zero-order chi connectivity index (χ0) is 14.1. The molecule has 1 aliphatic heterocycles. The molecule has 1 aliphatic rings. The Balaban J connectivity index is 1.86. The number of aromatic amines is 1. The number of halogens is 1. The van der Waals surface area contributed by atoms with Gasteiger partial charge in [-0.3, -0.25) is 5.10 Å². The highest BCUT2D eigenvalue weighted by molar-refractivity contribution is 6.30. The van der Waals surface area contributed by atoms with Crippen LogP contribution < -0.4 is 10.2 Å². The highest BCUT2D eigenvalue weighted by atomic mass is 35.5. The van der Waals surface area contributed by atoms with Crippen LogP contribution in [-0.4, -0.2) is 40.9 Å². The van der Waals surface area contributed by atoms with Crippen molar-refractivity contribution in [2.45, 2.75) is 19.9 Å². The number of hydrogen-bond donors (Lipinski definition) is 2. The molecule has 0 saturated carbocycles. The first-order valence-corrected chi connectivity index (χ1v) is 7.18. The topological polar surface area (TPSA) is 56.8 Å². The summed E-state index contributed by atoms with van der Waals surface area (Å²) in [7, 11) is 0. The smallest absolute Gasteiger partial charge is 0.245 e. The normalized spacial score (nSPS) is 19.4. The van der Waals surface area contributed by atoms with Crippen LogP contribution in [0.5, 0.6) is 0 Å². The molecule has 6 heteroatoms.